The lowest BCUT2D eigenvalue weighted by Crippen LogP contribution is -2.45. The second-order valence-electron chi connectivity index (χ2n) is 4.50. The molecule has 2 aromatic heterocycles. The smallest absolute Gasteiger partial charge is 0.266 e. The van der Waals surface area contributed by atoms with Crippen molar-refractivity contribution in [2.24, 2.45) is 5.92 Å². The average Bonchev–Trinajstić information content (AvgIpc) is 2.37. The van der Waals surface area contributed by atoms with Gasteiger partial charge in [0.15, 0.2) is 0 Å². The van der Waals surface area contributed by atoms with Gasteiger partial charge < -0.3 is 5.32 Å². The number of pyridine rings is 1. The fourth-order valence-electron chi connectivity index (χ4n) is 1.97. The fourth-order valence-corrected chi connectivity index (χ4v) is 1.97. The van der Waals surface area contributed by atoms with Crippen molar-refractivity contribution in [3.63, 3.8) is 0 Å². The van der Waals surface area contributed by atoms with Crippen molar-refractivity contribution in [2.45, 2.75) is 6.54 Å². The zero-order chi connectivity index (χ0) is 12.4. The van der Waals surface area contributed by atoms with Gasteiger partial charge in [0.2, 0.25) is 0 Å². The van der Waals surface area contributed by atoms with Crippen molar-refractivity contribution in [1.29, 1.82) is 0 Å². The van der Waals surface area contributed by atoms with Crippen LogP contribution in [0.1, 0.15) is 0 Å². The highest BCUT2D eigenvalue weighted by Gasteiger charge is 2.18. The summed E-state index contributed by atoms with van der Waals surface area (Å²) in [6.45, 7) is 2.61. The number of nitrogens with zero attached hydrogens (tertiary/aromatic N) is 3. The van der Waals surface area contributed by atoms with Crippen molar-refractivity contribution in [3.05, 3.63) is 47.0 Å². The molecule has 3 heterocycles. The van der Waals surface area contributed by atoms with Crippen molar-refractivity contribution in [2.75, 3.05) is 13.1 Å². The normalized spacial score (nSPS) is 15.3. The molecule has 1 fully saturated rings. The summed E-state index contributed by atoms with van der Waals surface area (Å²) in [4.78, 5) is 15.8. The monoisotopic (exact) mass is 242 g/mol. The predicted octanol–water partition coefficient (Wildman–Crippen LogP) is 0.525. The molecule has 1 aliphatic heterocycles. The first-order valence-corrected chi connectivity index (χ1v) is 6.02. The van der Waals surface area contributed by atoms with Crippen LogP contribution in [-0.4, -0.2) is 27.9 Å². The number of nitrogens with one attached hydrogen (secondary N) is 1. The maximum absolute atomic E-state index is 11.7. The maximum Gasteiger partial charge on any atom is 0.266 e. The summed E-state index contributed by atoms with van der Waals surface area (Å²) in [6.07, 6.45) is 3.47. The van der Waals surface area contributed by atoms with Crippen LogP contribution in [0.15, 0.2) is 41.5 Å². The minimum atomic E-state index is -0.0467. The van der Waals surface area contributed by atoms with Crippen LogP contribution < -0.4 is 10.9 Å². The van der Waals surface area contributed by atoms with Gasteiger partial charge in [0.1, 0.15) is 0 Å². The summed E-state index contributed by atoms with van der Waals surface area (Å²) < 4.78 is 1.55. The van der Waals surface area contributed by atoms with E-state index in [2.05, 4.69) is 15.4 Å². The van der Waals surface area contributed by atoms with E-state index in [1.54, 1.807) is 29.2 Å². The number of rotatable bonds is 3. The molecule has 1 N–H and O–H groups in total. The van der Waals surface area contributed by atoms with E-state index in [0.29, 0.717) is 12.5 Å². The third kappa shape index (κ3) is 2.17. The molecule has 0 spiro atoms. The molecule has 0 radical (unpaired) electrons. The second-order valence-corrected chi connectivity index (χ2v) is 4.50. The van der Waals surface area contributed by atoms with E-state index < -0.39 is 0 Å². The third-order valence-electron chi connectivity index (χ3n) is 3.12. The van der Waals surface area contributed by atoms with E-state index in [0.717, 1.165) is 24.3 Å². The molecule has 0 saturated carbocycles. The Kier molecular flexibility index (Phi) is 2.90. The molecule has 0 atom stereocenters. The molecular formula is C13H14N4O. The average molecular weight is 242 g/mol. The summed E-state index contributed by atoms with van der Waals surface area (Å²) in [6, 6.07) is 7.12. The van der Waals surface area contributed by atoms with Crippen LogP contribution in [0.25, 0.3) is 11.3 Å². The molecule has 5 nitrogen and oxygen atoms in total. The van der Waals surface area contributed by atoms with Crippen molar-refractivity contribution in [1.82, 2.24) is 20.1 Å². The summed E-state index contributed by atoms with van der Waals surface area (Å²) >= 11 is 0. The first-order chi connectivity index (χ1) is 8.83. The summed E-state index contributed by atoms with van der Waals surface area (Å²) in [5.74, 6) is 0.513. The molecule has 0 bridgehead atoms. The molecule has 1 aliphatic rings. The third-order valence-corrected chi connectivity index (χ3v) is 3.12. The molecule has 2 aromatic rings. The zero-order valence-electron chi connectivity index (χ0n) is 9.91. The van der Waals surface area contributed by atoms with Crippen LogP contribution >= 0.6 is 0 Å². The van der Waals surface area contributed by atoms with Gasteiger partial charge in [0.05, 0.1) is 12.2 Å². The molecule has 0 aromatic carbocycles. The topological polar surface area (TPSA) is 59.8 Å². The minimum Gasteiger partial charge on any atom is -0.316 e. The summed E-state index contributed by atoms with van der Waals surface area (Å²) in [5.41, 5.74) is 1.67. The molecule has 1 saturated heterocycles. The van der Waals surface area contributed by atoms with E-state index in [4.69, 9.17) is 0 Å². The van der Waals surface area contributed by atoms with Gasteiger partial charge in [-0.15, -0.1) is 0 Å². The van der Waals surface area contributed by atoms with Gasteiger partial charge in [-0.25, -0.2) is 4.68 Å². The Hall–Kier alpha value is -2.01. The minimum absolute atomic E-state index is 0.0467. The first-order valence-electron chi connectivity index (χ1n) is 6.02. The SMILES string of the molecule is O=c1ccc(-c2cccnc2)nn1CC1CNC1. The highest BCUT2D eigenvalue weighted by molar-refractivity contribution is 5.56. The van der Waals surface area contributed by atoms with E-state index in [1.165, 1.54) is 0 Å². The van der Waals surface area contributed by atoms with Gasteiger partial charge in [-0.1, -0.05) is 0 Å². The Morgan fingerprint density at radius 1 is 1.33 bits per heavy atom. The van der Waals surface area contributed by atoms with Gasteiger partial charge in [0.25, 0.3) is 5.56 Å². The molecular weight excluding hydrogens is 228 g/mol. The Labute approximate surface area is 104 Å². The van der Waals surface area contributed by atoms with Gasteiger partial charge in [0, 0.05) is 43.0 Å². The van der Waals surface area contributed by atoms with Crippen LogP contribution in [0.2, 0.25) is 0 Å². The van der Waals surface area contributed by atoms with E-state index >= 15 is 0 Å². The summed E-state index contributed by atoms with van der Waals surface area (Å²) in [5, 5.41) is 7.59. The maximum atomic E-state index is 11.7. The lowest BCUT2D eigenvalue weighted by molar-refractivity contribution is 0.290. The van der Waals surface area contributed by atoms with E-state index in [9.17, 15) is 4.79 Å². The van der Waals surface area contributed by atoms with Crippen LogP contribution in [0, 0.1) is 5.92 Å². The molecule has 3 rings (SSSR count). The Bertz CT molecular complexity index is 589. The van der Waals surface area contributed by atoms with Gasteiger partial charge in [-0.3, -0.25) is 9.78 Å². The molecule has 0 unspecified atom stereocenters. The fraction of sp³-hybridized carbons (Fsp3) is 0.308. The zero-order valence-corrected chi connectivity index (χ0v) is 9.91. The van der Waals surface area contributed by atoms with Crippen LogP contribution in [-0.2, 0) is 6.54 Å². The molecule has 18 heavy (non-hydrogen) atoms. The Morgan fingerprint density at radius 3 is 2.89 bits per heavy atom. The van der Waals surface area contributed by atoms with Crippen molar-refractivity contribution < 1.29 is 0 Å². The molecule has 92 valence electrons. The number of aromatic nitrogens is 3. The van der Waals surface area contributed by atoms with Crippen LogP contribution in [0.4, 0.5) is 0 Å². The molecule has 0 aliphatic carbocycles. The Morgan fingerprint density at radius 2 is 2.22 bits per heavy atom. The number of hydrogen-bond donors (Lipinski definition) is 1. The lowest BCUT2D eigenvalue weighted by Gasteiger charge is -2.27. The largest absolute Gasteiger partial charge is 0.316 e. The van der Waals surface area contributed by atoms with Gasteiger partial charge in [-0.2, -0.15) is 5.10 Å². The summed E-state index contributed by atoms with van der Waals surface area (Å²) in [7, 11) is 0. The van der Waals surface area contributed by atoms with E-state index in [-0.39, 0.29) is 5.56 Å². The standard InChI is InChI=1S/C13H14N4O/c18-13-4-3-12(11-2-1-5-14-8-11)16-17(13)9-10-6-15-7-10/h1-5,8,10,15H,6-7,9H2. The van der Waals surface area contributed by atoms with Crippen LogP contribution in [0.3, 0.4) is 0 Å². The highest BCUT2D eigenvalue weighted by atomic mass is 16.1. The first kappa shape index (κ1) is 11.1. The lowest BCUT2D eigenvalue weighted by atomic mass is 10.0. The van der Waals surface area contributed by atoms with Gasteiger partial charge >= 0.3 is 0 Å². The quantitative estimate of drug-likeness (QED) is 0.852. The highest BCUT2D eigenvalue weighted by Crippen LogP contribution is 2.13. The van der Waals surface area contributed by atoms with Crippen LogP contribution in [0.5, 0.6) is 0 Å². The molecule has 5 heteroatoms. The number of hydrogen-bond acceptors (Lipinski definition) is 4. The van der Waals surface area contributed by atoms with Gasteiger partial charge in [-0.05, 0) is 18.2 Å². The van der Waals surface area contributed by atoms with Crippen molar-refractivity contribution in [3.8, 4) is 11.3 Å². The molecule has 0 amide bonds. The van der Waals surface area contributed by atoms with Crippen molar-refractivity contribution >= 4 is 0 Å². The predicted molar refractivity (Wildman–Crippen MR) is 68.1 cm³/mol. The second kappa shape index (κ2) is 4.70. The van der Waals surface area contributed by atoms with E-state index in [1.807, 2.05) is 12.1 Å². The Balaban J connectivity index is 1.92.